The highest BCUT2D eigenvalue weighted by molar-refractivity contribution is 7.10. The molecule has 2 aromatic heterocycles. The highest BCUT2D eigenvalue weighted by Crippen LogP contribution is 2.22. The fraction of sp³-hybridized carbons (Fsp3) is 0.214. The van der Waals surface area contributed by atoms with Gasteiger partial charge < -0.3 is 0 Å². The van der Waals surface area contributed by atoms with Crippen molar-refractivity contribution in [3.05, 3.63) is 52.0 Å². The van der Waals surface area contributed by atoms with Crippen LogP contribution < -0.4 is 5.43 Å². The highest BCUT2D eigenvalue weighted by Gasteiger charge is 2.09. The standard InChI is InChI=1S/C14H15N3OS/c1-10(2)13-7-12(9-19-13)14(18)17-16-8-11-3-5-15-6-4-11/h3-10H,1-2H3,(H,17,18). The van der Waals surface area contributed by atoms with E-state index in [4.69, 9.17) is 0 Å². The lowest BCUT2D eigenvalue weighted by Gasteiger charge is -1.98. The van der Waals surface area contributed by atoms with Crippen molar-refractivity contribution in [1.82, 2.24) is 10.4 Å². The van der Waals surface area contributed by atoms with Crippen LogP contribution in [-0.2, 0) is 0 Å². The van der Waals surface area contributed by atoms with Gasteiger partial charge in [-0.15, -0.1) is 11.3 Å². The summed E-state index contributed by atoms with van der Waals surface area (Å²) >= 11 is 1.59. The Morgan fingerprint density at radius 1 is 1.42 bits per heavy atom. The van der Waals surface area contributed by atoms with Crippen molar-refractivity contribution >= 4 is 23.5 Å². The maximum atomic E-state index is 11.8. The summed E-state index contributed by atoms with van der Waals surface area (Å²) in [5, 5.41) is 5.78. The zero-order chi connectivity index (χ0) is 13.7. The molecule has 0 aliphatic heterocycles. The molecule has 1 N–H and O–H groups in total. The molecule has 19 heavy (non-hydrogen) atoms. The second kappa shape index (κ2) is 6.24. The van der Waals surface area contributed by atoms with E-state index in [2.05, 4.69) is 29.4 Å². The number of nitrogens with one attached hydrogen (secondary N) is 1. The number of hydrogen-bond acceptors (Lipinski definition) is 4. The first-order valence-corrected chi connectivity index (χ1v) is 6.86. The predicted molar refractivity (Wildman–Crippen MR) is 77.7 cm³/mol. The lowest BCUT2D eigenvalue weighted by molar-refractivity contribution is 0.0955. The fourth-order valence-corrected chi connectivity index (χ4v) is 2.36. The number of hydrogen-bond donors (Lipinski definition) is 1. The molecule has 0 fully saturated rings. The number of rotatable bonds is 4. The van der Waals surface area contributed by atoms with Crippen molar-refractivity contribution < 1.29 is 4.79 Å². The van der Waals surface area contributed by atoms with Gasteiger partial charge in [0.1, 0.15) is 0 Å². The van der Waals surface area contributed by atoms with Gasteiger partial charge in [0.25, 0.3) is 5.91 Å². The first kappa shape index (κ1) is 13.4. The first-order chi connectivity index (χ1) is 9.16. The Kier molecular flexibility index (Phi) is 4.41. The van der Waals surface area contributed by atoms with Gasteiger partial charge in [-0.3, -0.25) is 9.78 Å². The van der Waals surface area contributed by atoms with E-state index in [9.17, 15) is 4.79 Å². The van der Waals surface area contributed by atoms with Crippen LogP contribution in [0.1, 0.15) is 40.6 Å². The Balaban J connectivity index is 1.96. The van der Waals surface area contributed by atoms with Gasteiger partial charge in [-0.05, 0) is 29.7 Å². The highest BCUT2D eigenvalue weighted by atomic mass is 32.1. The average Bonchev–Trinajstić information content (AvgIpc) is 2.89. The number of hydrazone groups is 1. The molecule has 5 heteroatoms. The minimum Gasteiger partial charge on any atom is -0.267 e. The molecule has 0 aliphatic carbocycles. The van der Waals surface area contributed by atoms with Gasteiger partial charge in [0.15, 0.2) is 0 Å². The fourth-order valence-electron chi connectivity index (χ4n) is 1.45. The van der Waals surface area contributed by atoms with E-state index >= 15 is 0 Å². The van der Waals surface area contributed by atoms with E-state index in [-0.39, 0.29) is 5.91 Å². The predicted octanol–water partition coefficient (Wildman–Crippen LogP) is 3.03. The number of thiophene rings is 1. The van der Waals surface area contributed by atoms with Crippen molar-refractivity contribution in [2.75, 3.05) is 0 Å². The topological polar surface area (TPSA) is 54.4 Å². The number of carbonyl (C=O) groups excluding carboxylic acids is 1. The molecule has 0 aromatic carbocycles. The van der Waals surface area contributed by atoms with Crippen LogP contribution in [0.2, 0.25) is 0 Å². The quantitative estimate of drug-likeness (QED) is 0.687. The maximum absolute atomic E-state index is 11.8. The molecule has 2 rings (SSSR count). The molecule has 2 aromatic rings. The molecule has 1 amide bonds. The Morgan fingerprint density at radius 3 is 2.79 bits per heavy atom. The third kappa shape index (κ3) is 3.72. The average molecular weight is 273 g/mol. The summed E-state index contributed by atoms with van der Waals surface area (Å²) in [6.45, 7) is 4.21. The van der Waals surface area contributed by atoms with Crippen LogP contribution in [0.3, 0.4) is 0 Å². The van der Waals surface area contributed by atoms with E-state index < -0.39 is 0 Å². The van der Waals surface area contributed by atoms with Crippen molar-refractivity contribution in [1.29, 1.82) is 0 Å². The molecule has 98 valence electrons. The lowest BCUT2D eigenvalue weighted by Crippen LogP contribution is -2.16. The normalized spacial score (nSPS) is 11.1. The maximum Gasteiger partial charge on any atom is 0.272 e. The first-order valence-electron chi connectivity index (χ1n) is 5.98. The molecular weight excluding hydrogens is 258 g/mol. The van der Waals surface area contributed by atoms with Gasteiger partial charge in [0, 0.05) is 22.7 Å². The van der Waals surface area contributed by atoms with Gasteiger partial charge in [-0.25, -0.2) is 5.43 Å². The van der Waals surface area contributed by atoms with E-state index in [0.717, 1.165) is 5.56 Å². The molecule has 0 saturated carbocycles. The summed E-state index contributed by atoms with van der Waals surface area (Å²) in [5.41, 5.74) is 4.06. The molecule has 0 aliphatic rings. The molecule has 0 unspecified atom stereocenters. The minimum atomic E-state index is -0.187. The third-order valence-corrected chi connectivity index (χ3v) is 3.77. The summed E-state index contributed by atoms with van der Waals surface area (Å²) in [5.74, 6) is 0.250. The number of amides is 1. The zero-order valence-corrected chi connectivity index (χ0v) is 11.6. The Labute approximate surface area is 116 Å². The summed E-state index contributed by atoms with van der Waals surface area (Å²) in [4.78, 5) is 16.9. The van der Waals surface area contributed by atoms with Crippen LogP contribution in [0.15, 0.2) is 41.1 Å². The largest absolute Gasteiger partial charge is 0.272 e. The smallest absolute Gasteiger partial charge is 0.267 e. The lowest BCUT2D eigenvalue weighted by atomic mass is 10.1. The van der Waals surface area contributed by atoms with Crippen LogP contribution >= 0.6 is 11.3 Å². The monoisotopic (exact) mass is 273 g/mol. The minimum absolute atomic E-state index is 0.187. The van der Waals surface area contributed by atoms with E-state index in [0.29, 0.717) is 11.5 Å². The van der Waals surface area contributed by atoms with Crippen LogP contribution in [0.4, 0.5) is 0 Å². The Bertz CT molecular complexity index is 575. The molecule has 0 radical (unpaired) electrons. The second-order valence-corrected chi connectivity index (χ2v) is 5.31. The molecule has 0 atom stereocenters. The van der Waals surface area contributed by atoms with Crippen LogP contribution in [-0.4, -0.2) is 17.1 Å². The Hall–Kier alpha value is -2.01. The summed E-state index contributed by atoms with van der Waals surface area (Å²) < 4.78 is 0. The van der Waals surface area contributed by atoms with Gasteiger partial charge in [-0.1, -0.05) is 13.8 Å². The molecule has 4 nitrogen and oxygen atoms in total. The molecule has 0 bridgehead atoms. The molecule has 2 heterocycles. The van der Waals surface area contributed by atoms with Crippen molar-refractivity contribution in [2.45, 2.75) is 19.8 Å². The van der Waals surface area contributed by atoms with Crippen LogP contribution in [0.5, 0.6) is 0 Å². The van der Waals surface area contributed by atoms with E-state index in [1.807, 2.05) is 23.6 Å². The number of pyridine rings is 1. The van der Waals surface area contributed by atoms with Crippen LogP contribution in [0.25, 0.3) is 0 Å². The zero-order valence-electron chi connectivity index (χ0n) is 10.8. The Morgan fingerprint density at radius 2 is 2.16 bits per heavy atom. The van der Waals surface area contributed by atoms with Gasteiger partial charge in [-0.2, -0.15) is 5.10 Å². The van der Waals surface area contributed by atoms with Gasteiger partial charge in [0.05, 0.1) is 11.8 Å². The number of aromatic nitrogens is 1. The number of carbonyl (C=O) groups is 1. The second-order valence-electron chi connectivity index (χ2n) is 4.37. The summed E-state index contributed by atoms with van der Waals surface area (Å²) in [7, 11) is 0. The summed E-state index contributed by atoms with van der Waals surface area (Å²) in [6.07, 6.45) is 4.95. The van der Waals surface area contributed by atoms with E-state index in [1.165, 1.54) is 4.88 Å². The van der Waals surface area contributed by atoms with Gasteiger partial charge >= 0.3 is 0 Å². The van der Waals surface area contributed by atoms with Gasteiger partial charge in [0.2, 0.25) is 0 Å². The van der Waals surface area contributed by atoms with E-state index in [1.54, 1.807) is 29.9 Å². The van der Waals surface area contributed by atoms with Crippen LogP contribution in [0, 0.1) is 0 Å². The number of nitrogens with zero attached hydrogens (tertiary/aromatic N) is 2. The molecule has 0 saturated heterocycles. The summed E-state index contributed by atoms with van der Waals surface area (Å²) in [6, 6.07) is 5.54. The van der Waals surface area contributed by atoms with Crippen molar-refractivity contribution in [3.8, 4) is 0 Å². The van der Waals surface area contributed by atoms with Crippen molar-refractivity contribution in [2.24, 2.45) is 5.10 Å². The molecular formula is C14H15N3OS. The van der Waals surface area contributed by atoms with Crippen molar-refractivity contribution in [3.63, 3.8) is 0 Å². The third-order valence-electron chi connectivity index (χ3n) is 2.54. The SMILES string of the molecule is CC(C)c1cc(C(=O)NN=Cc2ccncc2)cs1. The molecule has 0 spiro atoms.